The normalized spacial score (nSPS) is 11.1. The third kappa shape index (κ3) is 4.18. The second-order valence-electron chi connectivity index (χ2n) is 7.44. The molecule has 0 aliphatic heterocycles. The molecule has 0 bridgehead atoms. The van der Waals surface area contributed by atoms with Crippen LogP contribution in [0.5, 0.6) is 5.75 Å². The quantitative estimate of drug-likeness (QED) is 0.467. The van der Waals surface area contributed by atoms with E-state index in [0.29, 0.717) is 23.8 Å². The van der Waals surface area contributed by atoms with Crippen molar-refractivity contribution in [3.8, 4) is 17.1 Å². The van der Waals surface area contributed by atoms with E-state index in [4.69, 9.17) is 9.84 Å². The first-order valence-corrected chi connectivity index (χ1v) is 9.91. The summed E-state index contributed by atoms with van der Waals surface area (Å²) in [6, 6.07) is 12.9. The monoisotopic (exact) mass is 417 g/mol. The maximum Gasteiger partial charge on any atom is 0.335 e. The molecule has 4 rings (SSSR count). The van der Waals surface area contributed by atoms with Gasteiger partial charge in [-0.3, -0.25) is 9.67 Å². The second kappa shape index (κ2) is 8.43. The van der Waals surface area contributed by atoms with Gasteiger partial charge in [0.05, 0.1) is 35.8 Å². The van der Waals surface area contributed by atoms with E-state index in [-0.39, 0.29) is 11.6 Å². The number of aromatic nitrogens is 4. The Labute approximate surface area is 179 Å². The first-order valence-electron chi connectivity index (χ1n) is 9.91. The molecule has 0 atom stereocenters. The average Bonchev–Trinajstić information content (AvgIpc) is 3.13. The van der Waals surface area contributed by atoms with Crippen molar-refractivity contribution in [2.75, 3.05) is 12.4 Å². The van der Waals surface area contributed by atoms with Gasteiger partial charge < -0.3 is 15.2 Å². The number of ether oxygens (including phenoxy) is 1. The molecule has 8 nitrogen and oxygen atoms in total. The Morgan fingerprint density at radius 2 is 1.87 bits per heavy atom. The number of carboxylic acids is 1. The number of anilines is 1. The van der Waals surface area contributed by atoms with Gasteiger partial charge in [0, 0.05) is 18.4 Å². The van der Waals surface area contributed by atoms with Crippen molar-refractivity contribution in [2.24, 2.45) is 0 Å². The van der Waals surface area contributed by atoms with Gasteiger partial charge in [-0.25, -0.2) is 9.78 Å². The van der Waals surface area contributed by atoms with Crippen LogP contribution in [0.3, 0.4) is 0 Å². The number of pyridine rings is 2. The van der Waals surface area contributed by atoms with Crippen LogP contribution in [0.1, 0.15) is 29.8 Å². The fourth-order valence-electron chi connectivity index (χ4n) is 3.40. The van der Waals surface area contributed by atoms with Crippen LogP contribution in [-0.2, 0) is 6.54 Å². The zero-order valence-electron chi connectivity index (χ0n) is 17.5. The molecule has 1 aromatic carbocycles. The topological polar surface area (TPSA) is 102 Å². The molecule has 0 spiro atoms. The molecule has 0 aliphatic rings. The van der Waals surface area contributed by atoms with Crippen LogP contribution in [0.15, 0.2) is 54.9 Å². The Morgan fingerprint density at radius 3 is 2.55 bits per heavy atom. The van der Waals surface area contributed by atoms with E-state index in [9.17, 15) is 9.90 Å². The van der Waals surface area contributed by atoms with Crippen LogP contribution in [0, 0.1) is 0 Å². The minimum absolute atomic E-state index is 0.158. The lowest BCUT2D eigenvalue weighted by atomic mass is 10.1. The molecule has 0 aliphatic carbocycles. The number of aromatic carboxylic acids is 1. The molecular weight excluding hydrogens is 394 g/mol. The molecule has 0 saturated heterocycles. The number of methoxy groups -OCH3 is 1. The van der Waals surface area contributed by atoms with Crippen LogP contribution < -0.4 is 10.1 Å². The number of rotatable bonds is 7. The molecule has 4 aromatic rings. The fourth-order valence-corrected chi connectivity index (χ4v) is 3.40. The average molecular weight is 417 g/mol. The predicted molar refractivity (Wildman–Crippen MR) is 119 cm³/mol. The van der Waals surface area contributed by atoms with Crippen molar-refractivity contribution in [3.63, 3.8) is 0 Å². The minimum Gasteiger partial charge on any atom is -0.497 e. The van der Waals surface area contributed by atoms with Crippen molar-refractivity contribution in [2.45, 2.75) is 26.4 Å². The number of fused-ring (bicyclic) bond motifs is 1. The molecule has 3 heterocycles. The van der Waals surface area contributed by atoms with Crippen molar-refractivity contribution in [3.05, 3.63) is 66.0 Å². The van der Waals surface area contributed by atoms with Gasteiger partial charge in [-0.2, -0.15) is 5.10 Å². The first-order chi connectivity index (χ1) is 15.0. The molecular formula is C23H23N5O3. The SMILES string of the molecule is COc1ccc(Cn2nc(-c3cc(C(=O)O)ccn3)c3c(NC(C)C)nccc32)cc1. The smallest absolute Gasteiger partial charge is 0.335 e. The van der Waals surface area contributed by atoms with Gasteiger partial charge in [-0.05, 0) is 49.7 Å². The highest BCUT2D eigenvalue weighted by atomic mass is 16.5. The molecule has 158 valence electrons. The summed E-state index contributed by atoms with van der Waals surface area (Å²) < 4.78 is 7.12. The first kappa shape index (κ1) is 20.3. The van der Waals surface area contributed by atoms with Crippen LogP contribution >= 0.6 is 0 Å². The lowest BCUT2D eigenvalue weighted by molar-refractivity contribution is 0.0697. The van der Waals surface area contributed by atoms with Crippen molar-refractivity contribution >= 4 is 22.7 Å². The van der Waals surface area contributed by atoms with E-state index in [2.05, 4.69) is 15.3 Å². The number of carbonyl (C=O) groups is 1. The third-order valence-electron chi connectivity index (χ3n) is 4.83. The molecule has 0 radical (unpaired) electrons. The Kier molecular flexibility index (Phi) is 5.53. The summed E-state index contributed by atoms with van der Waals surface area (Å²) in [7, 11) is 1.64. The van der Waals surface area contributed by atoms with Gasteiger partial charge in [0.1, 0.15) is 17.3 Å². The highest BCUT2D eigenvalue weighted by molar-refractivity contribution is 6.01. The highest BCUT2D eigenvalue weighted by Crippen LogP contribution is 2.32. The Morgan fingerprint density at radius 1 is 1.13 bits per heavy atom. The molecule has 3 aromatic heterocycles. The zero-order valence-corrected chi connectivity index (χ0v) is 17.5. The van der Waals surface area contributed by atoms with Gasteiger partial charge in [0.2, 0.25) is 0 Å². The Bertz CT molecular complexity index is 1230. The minimum atomic E-state index is -1.01. The van der Waals surface area contributed by atoms with Crippen LogP contribution in [0.25, 0.3) is 22.3 Å². The van der Waals surface area contributed by atoms with Gasteiger partial charge in [0.25, 0.3) is 0 Å². The molecule has 0 amide bonds. The lowest BCUT2D eigenvalue weighted by Gasteiger charge is -2.11. The second-order valence-corrected chi connectivity index (χ2v) is 7.44. The van der Waals surface area contributed by atoms with Crippen molar-refractivity contribution in [1.29, 1.82) is 0 Å². The third-order valence-corrected chi connectivity index (χ3v) is 4.83. The highest BCUT2D eigenvalue weighted by Gasteiger charge is 2.19. The Hall–Kier alpha value is -3.94. The van der Waals surface area contributed by atoms with E-state index < -0.39 is 5.97 Å². The summed E-state index contributed by atoms with van der Waals surface area (Å²) in [4.78, 5) is 20.4. The van der Waals surface area contributed by atoms with Crippen molar-refractivity contribution in [1.82, 2.24) is 19.7 Å². The summed E-state index contributed by atoms with van der Waals surface area (Å²) in [6.07, 6.45) is 3.23. The van der Waals surface area contributed by atoms with Crippen molar-refractivity contribution < 1.29 is 14.6 Å². The van der Waals surface area contributed by atoms with Gasteiger partial charge in [0.15, 0.2) is 0 Å². The number of carboxylic acid groups (broad SMARTS) is 1. The number of benzene rings is 1. The van der Waals surface area contributed by atoms with E-state index in [1.165, 1.54) is 18.3 Å². The van der Waals surface area contributed by atoms with Gasteiger partial charge in [-0.1, -0.05) is 12.1 Å². The van der Waals surface area contributed by atoms with E-state index in [1.54, 1.807) is 13.3 Å². The summed E-state index contributed by atoms with van der Waals surface area (Å²) in [5.74, 6) is 0.465. The Balaban J connectivity index is 1.87. The molecule has 31 heavy (non-hydrogen) atoms. The standard InChI is InChI=1S/C23H23N5O3/c1-14(2)26-22-20-19(9-11-25-22)28(13-15-4-6-17(31-3)7-5-15)27-21(20)18-12-16(23(29)30)8-10-24-18/h4-12,14H,13H2,1-3H3,(H,25,26)(H,29,30). The van der Waals surface area contributed by atoms with Gasteiger partial charge >= 0.3 is 5.97 Å². The lowest BCUT2D eigenvalue weighted by Crippen LogP contribution is -2.11. The largest absolute Gasteiger partial charge is 0.497 e. The summed E-state index contributed by atoms with van der Waals surface area (Å²) in [5, 5.41) is 18.4. The summed E-state index contributed by atoms with van der Waals surface area (Å²) in [5.41, 5.74) is 3.16. The number of nitrogens with zero attached hydrogens (tertiary/aromatic N) is 4. The van der Waals surface area contributed by atoms with Gasteiger partial charge in [-0.15, -0.1) is 0 Å². The predicted octanol–water partition coefficient (Wildman–Crippen LogP) is 4.07. The number of hydrogen-bond acceptors (Lipinski definition) is 6. The maximum atomic E-state index is 11.5. The van der Waals surface area contributed by atoms with E-state index in [1.807, 2.05) is 48.9 Å². The van der Waals surface area contributed by atoms with Crippen LogP contribution in [-0.4, -0.2) is 44.0 Å². The number of hydrogen-bond donors (Lipinski definition) is 2. The fraction of sp³-hybridized carbons (Fsp3) is 0.217. The van der Waals surface area contributed by atoms with Crippen LogP contribution in [0.4, 0.5) is 5.82 Å². The molecule has 8 heteroatoms. The molecule has 0 unspecified atom stereocenters. The van der Waals surface area contributed by atoms with Crippen LogP contribution in [0.2, 0.25) is 0 Å². The van der Waals surface area contributed by atoms with E-state index in [0.717, 1.165) is 22.2 Å². The zero-order chi connectivity index (χ0) is 22.0. The molecule has 2 N–H and O–H groups in total. The molecule has 0 saturated carbocycles. The summed E-state index contributed by atoms with van der Waals surface area (Å²) >= 11 is 0. The summed E-state index contributed by atoms with van der Waals surface area (Å²) in [6.45, 7) is 4.60. The molecule has 0 fully saturated rings. The maximum absolute atomic E-state index is 11.5. The van der Waals surface area contributed by atoms with E-state index >= 15 is 0 Å². The number of nitrogens with one attached hydrogen (secondary N) is 1.